The largest absolute Gasteiger partial charge is 0.501 e. The van der Waals surface area contributed by atoms with Crippen molar-refractivity contribution < 1.29 is 4.74 Å². The fraction of sp³-hybridized carbons (Fsp3) is 0.857. The highest BCUT2D eigenvalue weighted by Gasteiger charge is 2.18. The Morgan fingerprint density at radius 2 is 2.06 bits per heavy atom. The van der Waals surface area contributed by atoms with Gasteiger partial charge >= 0.3 is 0 Å². The zero-order chi connectivity index (χ0) is 11.2. The number of methoxy groups -OCH3 is 1. The van der Waals surface area contributed by atoms with Gasteiger partial charge in [0.2, 0.25) is 0 Å². The van der Waals surface area contributed by atoms with E-state index < -0.39 is 0 Å². The van der Waals surface area contributed by atoms with Crippen molar-refractivity contribution in [1.29, 1.82) is 0 Å². The van der Waals surface area contributed by atoms with Crippen molar-refractivity contribution in [1.82, 2.24) is 5.32 Å². The van der Waals surface area contributed by atoms with Crippen LogP contribution in [0.3, 0.4) is 0 Å². The van der Waals surface area contributed by atoms with Crippen LogP contribution in [-0.2, 0) is 4.74 Å². The predicted molar refractivity (Wildman–Crippen MR) is 67.3 cm³/mol. The number of hydrogen-bond acceptors (Lipinski definition) is 2. The molecular formula is C14H25NO. The highest BCUT2D eigenvalue weighted by atomic mass is 16.5. The Kier molecular flexibility index (Phi) is 4.70. The van der Waals surface area contributed by atoms with Crippen molar-refractivity contribution in [2.75, 3.05) is 13.7 Å². The maximum atomic E-state index is 5.35. The minimum atomic E-state index is 0.793. The van der Waals surface area contributed by atoms with Gasteiger partial charge in [0.15, 0.2) is 0 Å². The Bertz CT molecular complexity index is 231. The van der Waals surface area contributed by atoms with E-state index in [0.717, 1.165) is 18.4 Å². The van der Waals surface area contributed by atoms with Gasteiger partial charge in [-0.2, -0.15) is 0 Å². The second-order valence-corrected chi connectivity index (χ2v) is 5.27. The topological polar surface area (TPSA) is 21.3 Å². The third kappa shape index (κ3) is 3.51. The summed E-state index contributed by atoms with van der Waals surface area (Å²) >= 11 is 0. The van der Waals surface area contributed by atoms with Crippen LogP contribution in [0.15, 0.2) is 11.8 Å². The molecule has 0 heterocycles. The first-order valence-corrected chi connectivity index (χ1v) is 6.85. The van der Waals surface area contributed by atoms with Gasteiger partial charge in [0.05, 0.1) is 12.9 Å². The second kappa shape index (κ2) is 6.29. The third-order valence-corrected chi connectivity index (χ3v) is 4.00. The molecule has 2 aliphatic carbocycles. The van der Waals surface area contributed by atoms with Crippen LogP contribution in [0.2, 0.25) is 0 Å². The normalized spacial score (nSPS) is 27.6. The van der Waals surface area contributed by atoms with Crippen molar-refractivity contribution in [3.63, 3.8) is 0 Å². The fourth-order valence-corrected chi connectivity index (χ4v) is 2.93. The van der Waals surface area contributed by atoms with Crippen LogP contribution in [0.1, 0.15) is 51.4 Å². The molecular weight excluding hydrogens is 198 g/mol. The summed E-state index contributed by atoms with van der Waals surface area (Å²) in [5.41, 5.74) is 0. The summed E-state index contributed by atoms with van der Waals surface area (Å²) in [6.07, 6.45) is 13.0. The zero-order valence-corrected chi connectivity index (χ0v) is 10.5. The molecule has 0 radical (unpaired) electrons. The molecule has 2 rings (SSSR count). The molecule has 0 aromatic heterocycles. The van der Waals surface area contributed by atoms with Crippen LogP contribution in [0.25, 0.3) is 0 Å². The Balaban J connectivity index is 1.67. The smallest absolute Gasteiger partial charge is 0.0918 e. The molecule has 0 spiro atoms. The molecule has 2 heteroatoms. The van der Waals surface area contributed by atoms with Gasteiger partial charge in [-0.3, -0.25) is 0 Å². The van der Waals surface area contributed by atoms with Gasteiger partial charge in [-0.1, -0.05) is 19.3 Å². The molecule has 1 unspecified atom stereocenters. The van der Waals surface area contributed by atoms with Gasteiger partial charge < -0.3 is 10.1 Å². The summed E-state index contributed by atoms with van der Waals surface area (Å²) in [6, 6.07) is 0.797. The molecule has 0 bridgehead atoms. The molecule has 16 heavy (non-hydrogen) atoms. The van der Waals surface area contributed by atoms with E-state index in [1.807, 2.05) is 0 Å². The maximum absolute atomic E-state index is 5.35. The van der Waals surface area contributed by atoms with Gasteiger partial charge in [0.1, 0.15) is 0 Å². The van der Waals surface area contributed by atoms with E-state index in [-0.39, 0.29) is 0 Å². The summed E-state index contributed by atoms with van der Waals surface area (Å²) in [5, 5.41) is 3.75. The second-order valence-electron chi connectivity index (χ2n) is 5.27. The first-order chi connectivity index (χ1) is 7.88. The molecule has 1 saturated carbocycles. The lowest BCUT2D eigenvalue weighted by atomic mass is 9.91. The quantitative estimate of drug-likeness (QED) is 0.790. The Morgan fingerprint density at radius 1 is 1.25 bits per heavy atom. The van der Waals surface area contributed by atoms with E-state index in [9.17, 15) is 0 Å². The molecule has 0 aromatic carbocycles. The number of nitrogens with one attached hydrogen (secondary N) is 1. The van der Waals surface area contributed by atoms with Gasteiger partial charge in [0.25, 0.3) is 0 Å². The molecule has 2 nitrogen and oxygen atoms in total. The van der Waals surface area contributed by atoms with E-state index in [2.05, 4.69) is 11.4 Å². The minimum Gasteiger partial charge on any atom is -0.501 e. The zero-order valence-electron chi connectivity index (χ0n) is 10.5. The minimum absolute atomic E-state index is 0.793. The van der Waals surface area contributed by atoms with Crippen LogP contribution in [0.4, 0.5) is 0 Å². The van der Waals surface area contributed by atoms with Gasteiger partial charge in [-0.25, -0.2) is 0 Å². The molecule has 0 amide bonds. The fourth-order valence-electron chi connectivity index (χ4n) is 2.93. The molecule has 1 fully saturated rings. The standard InChI is InChI=1S/C14H25NO/c1-16-14-9-5-6-12(10-14)11-15-13-7-3-2-4-8-13/h9,12-13,15H,2-8,10-11H2,1H3. The number of ether oxygens (including phenoxy) is 1. The van der Waals surface area contributed by atoms with E-state index >= 15 is 0 Å². The summed E-state index contributed by atoms with van der Waals surface area (Å²) in [4.78, 5) is 0. The van der Waals surface area contributed by atoms with Crippen molar-refractivity contribution in [2.24, 2.45) is 5.92 Å². The number of allylic oxidation sites excluding steroid dienone is 2. The maximum Gasteiger partial charge on any atom is 0.0918 e. The first-order valence-electron chi connectivity index (χ1n) is 6.85. The van der Waals surface area contributed by atoms with E-state index in [4.69, 9.17) is 4.74 Å². The number of hydrogen-bond donors (Lipinski definition) is 1. The summed E-state index contributed by atoms with van der Waals surface area (Å²) < 4.78 is 5.35. The molecule has 0 aliphatic heterocycles. The van der Waals surface area contributed by atoms with Crippen molar-refractivity contribution >= 4 is 0 Å². The van der Waals surface area contributed by atoms with Crippen LogP contribution in [-0.4, -0.2) is 19.7 Å². The van der Waals surface area contributed by atoms with Crippen LogP contribution < -0.4 is 5.32 Å². The molecule has 1 atom stereocenters. The van der Waals surface area contributed by atoms with Gasteiger partial charge in [0, 0.05) is 12.5 Å². The summed E-state index contributed by atoms with van der Waals surface area (Å²) in [6.45, 7) is 1.19. The van der Waals surface area contributed by atoms with Crippen LogP contribution in [0.5, 0.6) is 0 Å². The van der Waals surface area contributed by atoms with Crippen LogP contribution in [0, 0.1) is 5.92 Å². The van der Waals surface area contributed by atoms with Gasteiger partial charge in [-0.15, -0.1) is 0 Å². The lowest BCUT2D eigenvalue weighted by Gasteiger charge is -2.27. The average Bonchev–Trinajstić information content (AvgIpc) is 2.38. The monoisotopic (exact) mass is 223 g/mol. The SMILES string of the molecule is COC1=CCCC(CNC2CCCCC2)C1. The first kappa shape index (κ1) is 12.0. The lowest BCUT2D eigenvalue weighted by molar-refractivity contribution is 0.236. The van der Waals surface area contributed by atoms with Crippen LogP contribution >= 0.6 is 0 Å². The van der Waals surface area contributed by atoms with E-state index in [0.29, 0.717) is 0 Å². The molecule has 1 N–H and O–H groups in total. The van der Waals surface area contributed by atoms with E-state index in [1.165, 1.54) is 57.2 Å². The number of rotatable bonds is 4. The third-order valence-electron chi connectivity index (χ3n) is 4.00. The lowest BCUT2D eigenvalue weighted by Crippen LogP contribution is -2.35. The molecule has 2 aliphatic rings. The summed E-state index contributed by atoms with van der Waals surface area (Å²) in [5.74, 6) is 1.99. The van der Waals surface area contributed by atoms with Crippen molar-refractivity contribution in [3.05, 3.63) is 11.8 Å². The van der Waals surface area contributed by atoms with E-state index in [1.54, 1.807) is 7.11 Å². The highest BCUT2D eigenvalue weighted by Crippen LogP contribution is 2.24. The predicted octanol–water partition coefficient (Wildman–Crippen LogP) is 3.24. The highest BCUT2D eigenvalue weighted by molar-refractivity contribution is 4.99. The summed E-state index contributed by atoms with van der Waals surface area (Å²) in [7, 11) is 1.79. The Labute approximate surface area is 99.4 Å². The average molecular weight is 223 g/mol. The molecule has 92 valence electrons. The Hall–Kier alpha value is -0.500. The Morgan fingerprint density at radius 3 is 2.81 bits per heavy atom. The molecule has 0 aromatic rings. The van der Waals surface area contributed by atoms with Gasteiger partial charge in [-0.05, 0) is 44.2 Å². The molecule has 0 saturated heterocycles. The van der Waals surface area contributed by atoms with Crippen molar-refractivity contribution in [3.8, 4) is 0 Å². The van der Waals surface area contributed by atoms with Crippen molar-refractivity contribution in [2.45, 2.75) is 57.4 Å².